The van der Waals surface area contributed by atoms with Crippen LogP contribution < -0.4 is 10.2 Å². The molecule has 7 rings (SSSR count). The van der Waals surface area contributed by atoms with Crippen LogP contribution in [-0.2, 0) is 19.5 Å². The van der Waals surface area contributed by atoms with Crippen LogP contribution >= 0.6 is 0 Å². The van der Waals surface area contributed by atoms with Crippen LogP contribution in [-0.4, -0.2) is 32.2 Å². The smallest absolute Gasteiger partial charge is 0.467 e. The van der Waals surface area contributed by atoms with Crippen molar-refractivity contribution in [3.05, 3.63) is 47.0 Å². The van der Waals surface area contributed by atoms with Gasteiger partial charge in [0.15, 0.2) is 6.79 Å². The van der Waals surface area contributed by atoms with Gasteiger partial charge < -0.3 is 18.8 Å². The summed E-state index contributed by atoms with van der Waals surface area (Å²) in [7, 11) is 1.26. The molecule has 41 heavy (non-hydrogen) atoms. The maximum Gasteiger partial charge on any atom is 0.495 e. The van der Waals surface area contributed by atoms with Gasteiger partial charge in [0, 0.05) is 23.7 Å². The molecule has 2 aromatic carbocycles. The minimum atomic E-state index is -0.453. The average Bonchev–Trinajstić information content (AvgIpc) is 3.06. The highest BCUT2D eigenvalue weighted by Crippen LogP contribution is 2.70. The summed E-state index contributed by atoms with van der Waals surface area (Å²) in [6, 6.07) is 11.6. The Kier molecular flexibility index (Phi) is 6.85. The van der Waals surface area contributed by atoms with Crippen molar-refractivity contribution in [3.63, 3.8) is 0 Å². The Morgan fingerprint density at radius 3 is 2.05 bits per heavy atom. The van der Waals surface area contributed by atoms with Crippen LogP contribution in [0.1, 0.15) is 117 Å². The van der Waals surface area contributed by atoms with E-state index in [-0.39, 0.29) is 12.2 Å². The molecule has 1 saturated heterocycles. The first-order chi connectivity index (χ1) is 19.1. The van der Waals surface area contributed by atoms with Gasteiger partial charge in [-0.2, -0.15) is 0 Å². The second-order valence-corrected chi connectivity index (χ2v) is 16.2. The van der Waals surface area contributed by atoms with Gasteiger partial charge in [-0.15, -0.1) is 0 Å². The lowest BCUT2D eigenvalue weighted by Gasteiger charge is -2.65. The summed E-state index contributed by atoms with van der Waals surface area (Å²) < 4.78 is 25.5. The molecule has 4 atom stereocenters. The SMILES string of the molecule is COCOc1c(-c2ccc(C(C)C)cc2B2OC(C)(C)C(C)(C)O2)cc(C)cc1C12CC3C[C@@](C)(C1)C[C@](C)(C3)C2. The number of hydrogen-bond acceptors (Lipinski definition) is 4. The van der Waals surface area contributed by atoms with Crippen molar-refractivity contribution in [2.45, 2.75) is 123 Å². The average molecular weight is 559 g/mol. The molecule has 222 valence electrons. The van der Waals surface area contributed by atoms with E-state index in [1.807, 2.05) is 0 Å². The van der Waals surface area contributed by atoms with Crippen LogP contribution in [0.2, 0.25) is 0 Å². The number of rotatable bonds is 7. The summed E-state index contributed by atoms with van der Waals surface area (Å²) in [5.41, 5.74) is 7.40. The van der Waals surface area contributed by atoms with E-state index in [1.165, 1.54) is 55.2 Å². The van der Waals surface area contributed by atoms with Gasteiger partial charge in [-0.3, -0.25) is 0 Å². The largest absolute Gasteiger partial charge is 0.495 e. The molecule has 4 saturated carbocycles. The fourth-order valence-corrected chi connectivity index (χ4v) is 9.74. The highest BCUT2D eigenvalue weighted by atomic mass is 16.7. The number of ether oxygens (including phenoxy) is 2. The van der Waals surface area contributed by atoms with E-state index >= 15 is 0 Å². The lowest BCUT2D eigenvalue weighted by Crippen LogP contribution is -2.57. The Balaban J connectivity index is 1.55. The number of methoxy groups -OCH3 is 1. The van der Waals surface area contributed by atoms with Crippen molar-refractivity contribution < 1.29 is 18.8 Å². The van der Waals surface area contributed by atoms with Crippen LogP contribution in [0, 0.1) is 23.7 Å². The second kappa shape index (κ2) is 9.59. The summed E-state index contributed by atoms with van der Waals surface area (Å²) in [6.45, 7) is 20.6. The predicted octanol–water partition coefficient (Wildman–Crippen LogP) is 8.32. The zero-order valence-corrected chi connectivity index (χ0v) is 27.2. The summed E-state index contributed by atoms with van der Waals surface area (Å²) in [4.78, 5) is 0. The van der Waals surface area contributed by atoms with E-state index in [1.54, 1.807) is 7.11 Å². The summed E-state index contributed by atoms with van der Waals surface area (Å²) in [5, 5.41) is 0. The van der Waals surface area contributed by atoms with Gasteiger partial charge in [-0.1, -0.05) is 52.0 Å². The molecule has 5 fully saturated rings. The third-order valence-corrected chi connectivity index (χ3v) is 11.3. The molecule has 0 N–H and O–H groups in total. The van der Waals surface area contributed by atoms with Gasteiger partial charge >= 0.3 is 7.12 Å². The molecule has 5 aliphatic rings. The van der Waals surface area contributed by atoms with Crippen molar-refractivity contribution in [1.82, 2.24) is 0 Å². The molecule has 4 nitrogen and oxygen atoms in total. The third-order valence-electron chi connectivity index (χ3n) is 11.3. The molecule has 1 heterocycles. The molecule has 0 spiro atoms. The zero-order valence-electron chi connectivity index (χ0n) is 27.2. The lowest BCUT2D eigenvalue weighted by molar-refractivity contribution is -0.110. The highest BCUT2D eigenvalue weighted by molar-refractivity contribution is 6.64. The first kappa shape index (κ1) is 29.3. The molecule has 1 aliphatic heterocycles. The van der Waals surface area contributed by atoms with Crippen molar-refractivity contribution in [2.24, 2.45) is 16.7 Å². The number of hydrogen-bond donors (Lipinski definition) is 0. The maximum atomic E-state index is 6.67. The van der Waals surface area contributed by atoms with E-state index in [0.717, 1.165) is 28.3 Å². The van der Waals surface area contributed by atoms with Crippen LogP contribution in [0.4, 0.5) is 0 Å². The molecule has 4 bridgehead atoms. The Hall–Kier alpha value is -1.82. The molecule has 4 aliphatic carbocycles. The lowest BCUT2D eigenvalue weighted by atomic mass is 9.39. The van der Waals surface area contributed by atoms with E-state index < -0.39 is 18.3 Å². The van der Waals surface area contributed by atoms with E-state index in [0.29, 0.717) is 16.7 Å². The molecular weight excluding hydrogens is 507 g/mol. The first-order valence-electron chi connectivity index (χ1n) is 15.9. The molecule has 0 radical (unpaired) electrons. The van der Waals surface area contributed by atoms with E-state index in [4.69, 9.17) is 18.8 Å². The summed E-state index contributed by atoms with van der Waals surface area (Å²) in [6.07, 6.45) is 7.86. The topological polar surface area (TPSA) is 36.9 Å². The Morgan fingerprint density at radius 2 is 1.49 bits per heavy atom. The summed E-state index contributed by atoms with van der Waals surface area (Å²) >= 11 is 0. The fraction of sp³-hybridized carbons (Fsp3) is 0.667. The van der Waals surface area contributed by atoms with Crippen molar-refractivity contribution >= 4 is 12.6 Å². The second-order valence-electron chi connectivity index (χ2n) is 16.2. The molecule has 2 aromatic rings. The van der Waals surface area contributed by atoms with Crippen molar-refractivity contribution in [1.29, 1.82) is 0 Å². The van der Waals surface area contributed by atoms with E-state index in [2.05, 4.69) is 92.6 Å². The quantitative estimate of drug-likeness (QED) is 0.253. The van der Waals surface area contributed by atoms with Gasteiger partial charge in [0.1, 0.15) is 5.75 Å². The maximum absolute atomic E-state index is 6.67. The van der Waals surface area contributed by atoms with Gasteiger partial charge in [0.05, 0.1) is 11.2 Å². The van der Waals surface area contributed by atoms with Gasteiger partial charge in [0.25, 0.3) is 0 Å². The normalized spacial score (nSPS) is 33.1. The first-order valence-corrected chi connectivity index (χ1v) is 15.9. The van der Waals surface area contributed by atoms with Crippen LogP contribution in [0.3, 0.4) is 0 Å². The highest BCUT2D eigenvalue weighted by Gasteiger charge is 2.61. The third kappa shape index (κ3) is 4.88. The number of benzene rings is 2. The van der Waals surface area contributed by atoms with Crippen molar-refractivity contribution in [3.8, 4) is 16.9 Å². The van der Waals surface area contributed by atoms with Crippen LogP contribution in [0.15, 0.2) is 30.3 Å². The Bertz CT molecular complexity index is 1310. The monoisotopic (exact) mass is 558 g/mol. The summed E-state index contributed by atoms with van der Waals surface area (Å²) in [5.74, 6) is 2.18. The molecular formula is C36H51BO4. The van der Waals surface area contributed by atoms with Crippen LogP contribution in [0.5, 0.6) is 5.75 Å². The molecule has 5 heteroatoms. The zero-order chi connectivity index (χ0) is 29.6. The molecule has 2 unspecified atom stereocenters. The van der Waals surface area contributed by atoms with Gasteiger partial charge in [-0.05, 0) is 124 Å². The van der Waals surface area contributed by atoms with Crippen molar-refractivity contribution in [2.75, 3.05) is 13.9 Å². The Labute approximate surface area is 249 Å². The molecule has 0 aromatic heterocycles. The van der Waals surface area contributed by atoms with Gasteiger partial charge in [0.2, 0.25) is 0 Å². The fourth-order valence-electron chi connectivity index (χ4n) is 9.74. The standard InChI is InChI=1S/C36H51BO4/c1-23(2)26-11-12-27(30(15-26)37-40-32(4,5)33(6,7)41-37)28-13-24(3)14-29(31(28)39-22-38-10)36-18-25-16-34(8,20-36)19-35(9,17-25)21-36/h11-15,23,25H,16-22H2,1-10H3/t25?,34-,35+,36?. The number of aryl methyl sites for hydroxylation is 1. The minimum absolute atomic E-state index is 0.134. The Morgan fingerprint density at radius 1 is 0.854 bits per heavy atom. The van der Waals surface area contributed by atoms with E-state index in [9.17, 15) is 0 Å². The molecule has 0 amide bonds. The van der Waals surface area contributed by atoms with Gasteiger partial charge in [-0.25, -0.2) is 0 Å². The van der Waals surface area contributed by atoms with Crippen LogP contribution in [0.25, 0.3) is 11.1 Å². The predicted molar refractivity (Wildman–Crippen MR) is 168 cm³/mol. The minimum Gasteiger partial charge on any atom is -0.467 e.